The molecule has 1 aliphatic rings. The van der Waals surface area contributed by atoms with Crippen molar-refractivity contribution in [3.05, 3.63) is 23.9 Å². The fourth-order valence-corrected chi connectivity index (χ4v) is 1.65. The number of hydrogen-bond donors (Lipinski definition) is 1. The average Bonchev–Trinajstić information content (AvgIpc) is 2.74. The molecule has 1 fully saturated rings. The second-order valence-corrected chi connectivity index (χ2v) is 3.85. The minimum absolute atomic E-state index is 0.0381. The summed E-state index contributed by atoms with van der Waals surface area (Å²) in [6.45, 7) is 3.69. The van der Waals surface area contributed by atoms with E-state index in [9.17, 15) is 4.79 Å². The Morgan fingerprint density at radius 3 is 2.73 bits per heavy atom. The van der Waals surface area contributed by atoms with Gasteiger partial charge < -0.3 is 4.90 Å². The quantitative estimate of drug-likeness (QED) is 0.762. The Balaban J connectivity index is 1.96. The van der Waals surface area contributed by atoms with Crippen molar-refractivity contribution in [2.45, 2.75) is 19.8 Å². The molecule has 0 radical (unpaired) electrons. The second kappa shape index (κ2) is 4.29. The molecule has 15 heavy (non-hydrogen) atoms. The first-order valence-electron chi connectivity index (χ1n) is 5.24. The van der Waals surface area contributed by atoms with Crippen LogP contribution in [0.4, 0.5) is 10.6 Å². The van der Waals surface area contributed by atoms with Gasteiger partial charge in [0, 0.05) is 19.3 Å². The molecule has 0 atom stereocenters. The zero-order valence-corrected chi connectivity index (χ0v) is 8.86. The van der Waals surface area contributed by atoms with Crippen molar-refractivity contribution < 1.29 is 4.79 Å². The lowest BCUT2D eigenvalue weighted by atomic mass is 10.3. The maximum Gasteiger partial charge on any atom is 0.323 e. The van der Waals surface area contributed by atoms with Gasteiger partial charge in [0.2, 0.25) is 0 Å². The number of anilines is 1. The Hall–Kier alpha value is -1.58. The van der Waals surface area contributed by atoms with Crippen LogP contribution in [0.1, 0.15) is 18.4 Å². The van der Waals surface area contributed by atoms with E-state index in [1.807, 2.05) is 24.0 Å². The number of aromatic nitrogens is 1. The maximum absolute atomic E-state index is 11.7. The van der Waals surface area contributed by atoms with Crippen molar-refractivity contribution in [3.63, 3.8) is 0 Å². The summed E-state index contributed by atoms with van der Waals surface area (Å²) in [7, 11) is 0. The standard InChI is InChI=1S/C11H15N3O/c1-9-4-5-10(12-8-9)13-11(15)14-6-2-3-7-14/h4-5,8H,2-3,6-7H2,1H3,(H,12,13,15). The van der Waals surface area contributed by atoms with Gasteiger partial charge in [-0.2, -0.15) is 0 Å². The van der Waals surface area contributed by atoms with Gasteiger partial charge in [0.1, 0.15) is 5.82 Å². The van der Waals surface area contributed by atoms with E-state index in [4.69, 9.17) is 0 Å². The minimum Gasteiger partial charge on any atom is -0.324 e. The van der Waals surface area contributed by atoms with Crippen molar-refractivity contribution in [2.24, 2.45) is 0 Å². The van der Waals surface area contributed by atoms with Crippen LogP contribution in [0.3, 0.4) is 0 Å². The molecule has 1 aromatic heterocycles. The van der Waals surface area contributed by atoms with Gasteiger partial charge in [0.15, 0.2) is 0 Å². The number of nitrogens with zero attached hydrogens (tertiary/aromatic N) is 2. The molecule has 80 valence electrons. The number of amides is 2. The monoisotopic (exact) mass is 205 g/mol. The normalized spacial score (nSPS) is 15.4. The highest BCUT2D eigenvalue weighted by atomic mass is 16.2. The zero-order valence-electron chi connectivity index (χ0n) is 8.86. The molecule has 2 amide bonds. The van der Waals surface area contributed by atoms with Gasteiger partial charge in [-0.3, -0.25) is 5.32 Å². The van der Waals surface area contributed by atoms with Crippen molar-refractivity contribution in [1.82, 2.24) is 9.88 Å². The van der Waals surface area contributed by atoms with Gasteiger partial charge in [-0.15, -0.1) is 0 Å². The van der Waals surface area contributed by atoms with E-state index < -0.39 is 0 Å². The van der Waals surface area contributed by atoms with Crippen LogP contribution in [0.15, 0.2) is 18.3 Å². The molecule has 0 unspecified atom stereocenters. The number of aryl methyl sites for hydroxylation is 1. The van der Waals surface area contributed by atoms with E-state index in [1.54, 1.807) is 6.20 Å². The van der Waals surface area contributed by atoms with Crippen LogP contribution in [0.2, 0.25) is 0 Å². The summed E-state index contributed by atoms with van der Waals surface area (Å²) in [6, 6.07) is 3.72. The van der Waals surface area contributed by atoms with Crippen molar-refractivity contribution in [1.29, 1.82) is 0 Å². The molecule has 2 rings (SSSR count). The number of urea groups is 1. The summed E-state index contributed by atoms with van der Waals surface area (Å²) in [6.07, 6.45) is 3.96. The van der Waals surface area contributed by atoms with Crippen LogP contribution in [0, 0.1) is 6.92 Å². The van der Waals surface area contributed by atoms with E-state index in [1.165, 1.54) is 0 Å². The topological polar surface area (TPSA) is 45.2 Å². The van der Waals surface area contributed by atoms with Crippen LogP contribution < -0.4 is 5.32 Å². The lowest BCUT2D eigenvalue weighted by molar-refractivity contribution is 0.222. The van der Waals surface area contributed by atoms with Crippen molar-refractivity contribution >= 4 is 11.8 Å². The maximum atomic E-state index is 11.7. The third-order valence-electron chi connectivity index (χ3n) is 2.54. The zero-order chi connectivity index (χ0) is 10.7. The van der Waals surface area contributed by atoms with Crippen molar-refractivity contribution in [2.75, 3.05) is 18.4 Å². The Bertz CT molecular complexity index is 341. The number of carbonyl (C=O) groups excluding carboxylic acids is 1. The molecule has 1 saturated heterocycles. The number of carbonyl (C=O) groups is 1. The molecule has 0 aliphatic carbocycles. The molecule has 1 aliphatic heterocycles. The summed E-state index contributed by atoms with van der Waals surface area (Å²) >= 11 is 0. The molecular formula is C11H15N3O. The first-order valence-corrected chi connectivity index (χ1v) is 5.24. The summed E-state index contributed by atoms with van der Waals surface area (Å²) in [5.41, 5.74) is 1.09. The fourth-order valence-electron chi connectivity index (χ4n) is 1.65. The van der Waals surface area contributed by atoms with Gasteiger partial charge >= 0.3 is 6.03 Å². The molecule has 0 bridgehead atoms. The highest BCUT2D eigenvalue weighted by molar-refractivity contribution is 5.88. The van der Waals surface area contributed by atoms with E-state index in [2.05, 4.69) is 10.3 Å². The van der Waals surface area contributed by atoms with Gasteiger partial charge in [-0.25, -0.2) is 9.78 Å². The van der Waals surface area contributed by atoms with E-state index >= 15 is 0 Å². The molecule has 0 aromatic carbocycles. The predicted octanol–water partition coefficient (Wildman–Crippen LogP) is 2.02. The number of likely N-dealkylation sites (tertiary alicyclic amines) is 1. The molecule has 0 spiro atoms. The molecule has 1 N–H and O–H groups in total. The third kappa shape index (κ3) is 2.46. The van der Waals surface area contributed by atoms with Gasteiger partial charge in [-0.05, 0) is 31.4 Å². The Labute approximate surface area is 89.3 Å². The van der Waals surface area contributed by atoms with Gasteiger partial charge in [0.05, 0.1) is 0 Å². The molecule has 2 heterocycles. The summed E-state index contributed by atoms with van der Waals surface area (Å²) in [5, 5.41) is 2.79. The summed E-state index contributed by atoms with van der Waals surface area (Å²) < 4.78 is 0. The highest BCUT2D eigenvalue weighted by Gasteiger charge is 2.17. The van der Waals surface area contributed by atoms with E-state index in [-0.39, 0.29) is 6.03 Å². The smallest absolute Gasteiger partial charge is 0.323 e. The van der Waals surface area contributed by atoms with E-state index in [0.29, 0.717) is 5.82 Å². The van der Waals surface area contributed by atoms with Crippen LogP contribution in [-0.4, -0.2) is 29.0 Å². The highest BCUT2D eigenvalue weighted by Crippen LogP contribution is 2.10. The van der Waals surface area contributed by atoms with Crippen LogP contribution in [0.25, 0.3) is 0 Å². The Kier molecular flexibility index (Phi) is 2.85. The molecule has 1 aromatic rings. The third-order valence-corrected chi connectivity index (χ3v) is 2.54. The summed E-state index contributed by atoms with van der Waals surface area (Å²) in [4.78, 5) is 17.6. The minimum atomic E-state index is -0.0381. The second-order valence-electron chi connectivity index (χ2n) is 3.85. The lowest BCUT2D eigenvalue weighted by Crippen LogP contribution is -2.32. The molecular weight excluding hydrogens is 190 g/mol. The molecule has 4 nitrogen and oxygen atoms in total. The van der Waals surface area contributed by atoms with Gasteiger partial charge in [-0.1, -0.05) is 6.07 Å². The molecule has 0 saturated carbocycles. The average molecular weight is 205 g/mol. The largest absolute Gasteiger partial charge is 0.324 e. The number of hydrogen-bond acceptors (Lipinski definition) is 2. The Morgan fingerprint density at radius 2 is 2.13 bits per heavy atom. The fraction of sp³-hybridized carbons (Fsp3) is 0.455. The number of rotatable bonds is 1. The van der Waals surface area contributed by atoms with Crippen LogP contribution >= 0.6 is 0 Å². The Morgan fingerprint density at radius 1 is 1.40 bits per heavy atom. The SMILES string of the molecule is Cc1ccc(NC(=O)N2CCCC2)nc1. The lowest BCUT2D eigenvalue weighted by Gasteiger charge is -2.15. The first kappa shape index (κ1) is 9.96. The molecule has 4 heteroatoms. The predicted molar refractivity (Wildman–Crippen MR) is 58.8 cm³/mol. The van der Waals surface area contributed by atoms with Crippen molar-refractivity contribution in [3.8, 4) is 0 Å². The van der Waals surface area contributed by atoms with E-state index in [0.717, 1.165) is 31.5 Å². The number of nitrogens with one attached hydrogen (secondary N) is 1. The first-order chi connectivity index (χ1) is 7.25. The van der Waals surface area contributed by atoms with Crippen LogP contribution in [-0.2, 0) is 0 Å². The van der Waals surface area contributed by atoms with Gasteiger partial charge in [0.25, 0.3) is 0 Å². The number of pyridine rings is 1. The van der Waals surface area contributed by atoms with Crippen LogP contribution in [0.5, 0.6) is 0 Å². The summed E-state index contributed by atoms with van der Waals surface area (Å²) in [5.74, 6) is 0.623.